The maximum atomic E-state index is 12.3. The van der Waals surface area contributed by atoms with Gasteiger partial charge in [-0.25, -0.2) is 0 Å². The van der Waals surface area contributed by atoms with E-state index in [2.05, 4.69) is 11.4 Å². The van der Waals surface area contributed by atoms with Gasteiger partial charge in [-0.2, -0.15) is 0 Å². The zero-order valence-corrected chi connectivity index (χ0v) is 15.6. The fraction of sp³-hybridized carbons (Fsp3) is 0.333. The van der Waals surface area contributed by atoms with E-state index in [1.807, 2.05) is 58.0 Å². The van der Waals surface area contributed by atoms with Crippen LogP contribution in [0.5, 0.6) is 0 Å². The highest BCUT2D eigenvalue weighted by atomic mass is 16.2. The normalized spacial score (nSPS) is 10.4. The van der Waals surface area contributed by atoms with Crippen molar-refractivity contribution < 1.29 is 9.59 Å². The largest absolute Gasteiger partial charge is 0.326 e. The van der Waals surface area contributed by atoms with Gasteiger partial charge in [0, 0.05) is 31.3 Å². The molecular weight excluding hydrogens is 312 g/mol. The first-order valence-electron chi connectivity index (χ1n) is 8.50. The molecule has 0 fully saturated rings. The van der Waals surface area contributed by atoms with Crippen molar-refractivity contribution in [1.82, 2.24) is 0 Å². The first kappa shape index (κ1) is 18.7. The molecule has 0 aliphatic heterocycles. The molecule has 0 aliphatic rings. The van der Waals surface area contributed by atoms with Gasteiger partial charge in [0.1, 0.15) is 0 Å². The molecule has 2 aromatic rings. The second-order valence-electron chi connectivity index (χ2n) is 6.61. The van der Waals surface area contributed by atoms with Crippen molar-refractivity contribution in [3.8, 4) is 0 Å². The van der Waals surface area contributed by atoms with Crippen LogP contribution in [0.4, 0.5) is 11.4 Å². The third kappa shape index (κ3) is 5.18. The van der Waals surface area contributed by atoms with E-state index in [1.165, 1.54) is 12.5 Å². The van der Waals surface area contributed by atoms with E-state index in [-0.39, 0.29) is 18.2 Å². The summed E-state index contributed by atoms with van der Waals surface area (Å²) >= 11 is 0. The van der Waals surface area contributed by atoms with E-state index < -0.39 is 0 Å². The van der Waals surface area contributed by atoms with Crippen LogP contribution in [-0.4, -0.2) is 18.4 Å². The van der Waals surface area contributed by atoms with Crippen LogP contribution in [0.3, 0.4) is 0 Å². The highest BCUT2D eigenvalue weighted by molar-refractivity contribution is 5.95. The van der Waals surface area contributed by atoms with Crippen molar-refractivity contribution in [1.29, 1.82) is 0 Å². The Morgan fingerprint density at radius 3 is 2.12 bits per heavy atom. The Hall–Kier alpha value is -2.62. The van der Waals surface area contributed by atoms with E-state index in [4.69, 9.17) is 0 Å². The molecule has 0 spiro atoms. The molecule has 25 heavy (non-hydrogen) atoms. The van der Waals surface area contributed by atoms with Gasteiger partial charge in [0.2, 0.25) is 11.8 Å². The van der Waals surface area contributed by atoms with Gasteiger partial charge >= 0.3 is 0 Å². The average Bonchev–Trinajstić information content (AvgIpc) is 2.50. The summed E-state index contributed by atoms with van der Waals surface area (Å²) in [7, 11) is 0. The molecule has 0 bridgehead atoms. The second kappa shape index (κ2) is 7.97. The number of anilines is 2. The van der Waals surface area contributed by atoms with Gasteiger partial charge in [-0.05, 0) is 74.2 Å². The van der Waals surface area contributed by atoms with Crippen LogP contribution in [-0.2, 0) is 9.59 Å². The third-order valence-corrected chi connectivity index (χ3v) is 4.25. The second-order valence-corrected chi connectivity index (χ2v) is 6.61. The van der Waals surface area contributed by atoms with Crippen LogP contribution in [0, 0.1) is 27.7 Å². The first-order valence-corrected chi connectivity index (χ1v) is 8.50. The van der Waals surface area contributed by atoms with Crippen molar-refractivity contribution >= 4 is 23.2 Å². The van der Waals surface area contributed by atoms with Crippen molar-refractivity contribution in [3.05, 3.63) is 58.7 Å². The van der Waals surface area contributed by atoms with Gasteiger partial charge in [0.25, 0.3) is 0 Å². The molecule has 1 N–H and O–H groups in total. The molecule has 0 unspecified atom stereocenters. The fourth-order valence-corrected chi connectivity index (χ4v) is 2.83. The molecule has 0 radical (unpaired) electrons. The molecule has 4 heteroatoms. The maximum absolute atomic E-state index is 12.3. The molecule has 2 aromatic carbocycles. The number of amides is 2. The summed E-state index contributed by atoms with van der Waals surface area (Å²) in [6.07, 6.45) is 0.249. The molecule has 0 aromatic heterocycles. The van der Waals surface area contributed by atoms with Gasteiger partial charge in [0.05, 0.1) is 0 Å². The first-order chi connectivity index (χ1) is 11.8. The number of nitrogens with one attached hydrogen (secondary N) is 1. The van der Waals surface area contributed by atoms with Crippen molar-refractivity contribution in [2.75, 3.05) is 16.8 Å². The van der Waals surface area contributed by atoms with Gasteiger partial charge in [-0.15, -0.1) is 0 Å². The van der Waals surface area contributed by atoms with Gasteiger partial charge < -0.3 is 10.2 Å². The Morgan fingerprint density at radius 2 is 1.56 bits per heavy atom. The molecule has 4 nitrogen and oxygen atoms in total. The summed E-state index contributed by atoms with van der Waals surface area (Å²) in [5, 5.41) is 2.90. The lowest BCUT2D eigenvalue weighted by atomic mass is 10.1. The Labute approximate surface area is 149 Å². The van der Waals surface area contributed by atoms with Crippen LogP contribution >= 0.6 is 0 Å². The number of nitrogens with zero attached hydrogens (tertiary/aromatic N) is 1. The summed E-state index contributed by atoms with van der Waals surface area (Å²) in [5.41, 5.74) is 6.15. The highest BCUT2D eigenvalue weighted by Crippen LogP contribution is 2.20. The standard InChI is InChI=1S/C21H26N2O2/c1-14-10-15(2)12-20(11-14)23(18(5)24)9-8-21(25)22-19-7-6-16(3)17(4)13-19/h6-7,10-13H,8-9H2,1-5H3,(H,22,25). The topological polar surface area (TPSA) is 49.4 Å². The molecule has 132 valence electrons. The Morgan fingerprint density at radius 1 is 0.920 bits per heavy atom. The molecule has 0 saturated carbocycles. The number of aryl methyl sites for hydroxylation is 4. The summed E-state index contributed by atoms with van der Waals surface area (Å²) in [4.78, 5) is 25.9. The Balaban J connectivity index is 2.04. The Kier molecular flexibility index (Phi) is 5.97. The van der Waals surface area contributed by atoms with E-state index in [0.717, 1.165) is 28.1 Å². The van der Waals surface area contributed by atoms with E-state index in [1.54, 1.807) is 4.90 Å². The number of hydrogen-bond donors (Lipinski definition) is 1. The molecule has 0 saturated heterocycles. The summed E-state index contributed by atoms with van der Waals surface area (Å²) in [6.45, 7) is 9.94. The van der Waals surface area contributed by atoms with Crippen LogP contribution < -0.4 is 10.2 Å². The molecular formula is C21H26N2O2. The number of carbonyl (C=O) groups excluding carboxylic acids is 2. The van der Waals surface area contributed by atoms with E-state index in [9.17, 15) is 9.59 Å². The van der Waals surface area contributed by atoms with Crippen LogP contribution in [0.15, 0.2) is 36.4 Å². The predicted molar refractivity (Wildman–Crippen MR) is 103 cm³/mol. The lowest BCUT2D eigenvalue weighted by Crippen LogP contribution is -2.32. The predicted octanol–water partition coefficient (Wildman–Crippen LogP) is 4.30. The molecule has 0 atom stereocenters. The number of carbonyl (C=O) groups is 2. The number of rotatable bonds is 5. The van der Waals surface area contributed by atoms with Crippen LogP contribution in [0.1, 0.15) is 35.6 Å². The summed E-state index contributed by atoms with van der Waals surface area (Å²) < 4.78 is 0. The van der Waals surface area contributed by atoms with Gasteiger partial charge in [-0.1, -0.05) is 12.1 Å². The minimum absolute atomic E-state index is 0.0658. The average molecular weight is 338 g/mol. The number of benzene rings is 2. The Bertz CT molecular complexity index is 776. The van der Waals surface area contributed by atoms with Crippen molar-refractivity contribution in [3.63, 3.8) is 0 Å². The summed E-state index contributed by atoms with van der Waals surface area (Å²) in [5.74, 6) is -0.164. The third-order valence-electron chi connectivity index (χ3n) is 4.25. The highest BCUT2D eigenvalue weighted by Gasteiger charge is 2.14. The molecule has 2 amide bonds. The lowest BCUT2D eigenvalue weighted by molar-refractivity contribution is -0.117. The van der Waals surface area contributed by atoms with Crippen LogP contribution in [0.25, 0.3) is 0 Å². The van der Waals surface area contributed by atoms with Gasteiger partial charge in [0.15, 0.2) is 0 Å². The quantitative estimate of drug-likeness (QED) is 0.883. The fourth-order valence-electron chi connectivity index (χ4n) is 2.83. The van der Waals surface area contributed by atoms with E-state index >= 15 is 0 Å². The SMILES string of the molecule is CC(=O)N(CCC(=O)Nc1ccc(C)c(C)c1)c1cc(C)cc(C)c1. The number of hydrogen-bond acceptors (Lipinski definition) is 2. The maximum Gasteiger partial charge on any atom is 0.226 e. The molecule has 0 aliphatic carbocycles. The minimum atomic E-state index is -0.0983. The zero-order chi connectivity index (χ0) is 18.6. The summed E-state index contributed by atoms with van der Waals surface area (Å²) in [6, 6.07) is 11.8. The lowest BCUT2D eigenvalue weighted by Gasteiger charge is -2.22. The van der Waals surface area contributed by atoms with Crippen molar-refractivity contribution in [2.45, 2.75) is 41.0 Å². The van der Waals surface area contributed by atoms with E-state index in [0.29, 0.717) is 6.54 Å². The monoisotopic (exact) mass is 338 g/mol. The smallest absolute Gasteiger partial charge is 0.226 e. The molecule has 2 rings (SSSR count). The van der Waals surface area contributed by atoms with Crippen LogP contribution in [0.2, 0.25) is 0 Å². The van der Waals surface area contributed by atoms with Crippen molar-refractivity contribution in [2.24, 2.45) is 0 Å². The minimum Gasteiger partial charge on any atom is -0.326 e. The van der Waals surface area contributed by atoms with Gasteiger partial charge in [-0.3, -0.25) is 9.59 Å². The molecule has 0 heterocycles. The zero-order valence-electron chi connectivity index (χ0n) is 15.6.